The summed E-state index contributed by atoms with van der Waals surface area (Å²) >= 11 is 1.73. The molecule has 1 unspecified atom stereocenters. The third-order valence-corrected chi connectivity index (χ3v) is 6.89. The molecule has 0 aliphatic carbocycles. The van der Waals surface area contributed by atoms with E-state index in [9.17, 15) is 9.59 Å². The van der Waals surface area contributed by atoms with Crippen LogP contribution < -0.4 is 15.4 Å². The van der Waals surface area contributed by atoms with Crippen molar-refractivity contribution in [1.29, 1.82) is 0 Å². The molecule has 0 bridgehead atoms. The Morgan fingerprint density at radius 2 is 1.89 bits per heavy atom. The highest BCUT2D eigenvalue weighted by Crippen LogP contribution is 2.40. The number of carbonyl (C=O) groups excluding carboxylic acids is 2. The average Bonchev–Trinajstić information content (AvgIpc) is 2.84. The van der Waals surface area contributed by atoms with E-state index < -0.39 is 0 Å². The molecule has 3 amide bonds. The quantitative estimate of drug-likeness (QED) is 0.595. The number of nitrogens with zero attached hydrogens (tertiary/aromatic N) is 3. The number of hydrogen-bond acceptors (Lipinski definition) is 6. The fraction of sp³-hybridized carbons (Fsp3) is 0.346. The Morgan fingerprint density at radius 3 is 2.60 bits per heavy atom. The number of carbonyl (C=O) groups is 2. The molecule has 2 aromatic rings. The summed E-state index contributed by atoms with van der Waals surface area (Å²) in [7, 11) is 3.53. The van der Waals surface area contributed by atoms with Crippen LogP contribution in [0, 0.1) is 0 Å². The second kappa shape index (κ2) is 10.9. The number of anilines is 2. The van der Waals surface area contributed by atoms with Crippen molar-refractivity contribution in [2.75, 3.05) is 43.6 Å². The number of hydrogen-bond donors (Lipinski definition) is 2. The number of benzene rings is 2. The predicted octanol–water partition coefficient (Wildman–Crippen LogP) is 4.94. The number of aliphatic imine (C=N–C) groups is 1. The molecule has 2 aromatic carbocycles. The SMILES string of the molecule is CCOc1ccccc1NC(=O)Nc1ccc(C2C(C(=O)N(C)C)=C(C)N=C3SCCCN32)cc1. The smallest absolute Gasteiger partial charge is 0.323 e. The molecule has 9 heteroatoms. The number of ether oxygens (including phenoxy) is 1. The van der Waals surface area contributed by atoms with Crippen LogP contribution in [0.4, 0.5) is 16.2 Å². The number of nitrogens with one attached hydrogen (secondary N) is 2. The van der Waals surface area contributed by atoms with Crippen molar-refractivity contribution >= 4 is 40.2 Å². The largest absolute Gasteiger partial charge is 0.492 e. The standard InChI is InChI=1S/C26H31N5O3S/c1-5-34-21-10-7-6-9-20(21)29-25(33)28-19-13-11-18(12-14-19)23-22(24(32)30(3)4)17(2)27-26-31(23)15-8-16-35-26/h6-7,9-14,23H,5,8,15-16H2,1-4H3,(H2,28,29,33). The number of fused-ring (bicyclic) bond motifs is 1. The van der Waals surface area contributed by atoms with Gasteiger partial charge in [-0.1, -0.05) is 36.0 Å². The molecule has 0 spiro atoms. The summed E-state index contributed by atoms with van der Waals surface area (Å²) in [6.45, 7) is 5.16. The van der Waals surface area contributed by atoms with Crippen molar-refractivity contribution in [3.05, 3.63) is 65.4 Å². The lowest BCUT2D eigenvalue weighted by Crippen LogP contribution is -2.43. The van der Waals surface area contributed by atoms with Crippen molar-refractivity contribution < 1.29 is 14.3 Å². The Labute approximate surface area is 210 Å². The van der Waals surface area contributed by atoms with E-state index in [-0.39, 0.29) is 18.0 Å². The molecule has 1 atom stereocenters. The van der Waals surface area contributed by atoms with Crippen LogP contribution in [0.25, 0.3) is 0 Å². The highest BCUT2D eigenvalue weighted by Gasteiger charge is 2.37. The second-order valence-corrected chi connectivity index (χ2v) is 9.58. The predicted molar refractivity (Wildman–Crippen MR) is 142 cm³/mol. The molecule has 1 saturated heterocycles. The molecule has 0 aromatic heterocycles. The zero-order valence-electron chi connectivity index (χ0n) is 20.5. The number of urea groups is 1. The number of likely N-dealkylation sites (N-methyl/N-ethyl adjacent to an activating group) is 1. The van der Waals surface area contributed by atoms with E-state index in [0.29, 0.717) is 29.3 Å². The van der Waals surface area contributed by atoms with Crippen molar-refractivity contribution in [3.63, 3.8) is 0 Å². The summed E-state index contributed by atoms with van der Waals surface area (Å²) in [4.78, 5) is 34.3. The number of rotatable bonds is 6. The van der Waals surface area contributed by atoms with Gasteiger partial charge in [0.2, 0.25) is 0 Å². The molecule has 2 aliphatic rings. The topological polar surface area (TPSA) is 86.3 Å². The van der Waals surface area contributed by atoms with Gasteiger partial charge in [0.15, 0.2) is 5.17 Å². The van der Waals surface area contributed by atoms with E-state index >= 15 is 0 Å². The van der Waals surface area contributed by atoms with E-state index in [2.05, 4.69) is 15.5 Å². The van der Waals surface area contributed by atoms with Gasteiger partial charge >= 0.3 is 6.03 Å². The number of allylic oxidation sites excluding steroid dienone is 1. The molecule has 184 valence electrons. The molecule has 8 nitrogen and oxygen atoms in total. The minimum absolute atomic E-state index is 0.0413. The first-order valence-electron chi connectivity index (χ1n) is 11.7. The molecule has 0 radical (unpaired) electrons. The van der Waals surface area contributed by atoms with Crippen LogP contribution in [0.15, 0.2) is 64.8 Å². The molecule has 0 saturated carbocycles. The fourth-order valence-electron chi connectivity index (χ4n) is 4.21. The van der Waals surface area contributed by atoms with Crippen LogP contribution in [0.1, 0.15) is 31.9 Å². The first-order valence-corrected chi connectivity index (χ1v) is 12.7. The van der Waals surface area contributed by atoms with Crippen molar-refractivity contribution in [2.24, 2.45) is 4.99 Å². The second-order valence-electron chi connectivity index (χ2n) is 8.52. The average molecular weight is 494 g/mol. The molecule has 2 aliphatic heterocycles. The third kappa shape index (κ3) is 5.45. The van der Waals surface area contributed by atoms with Gasteiger partial charge in [-0.15, -0.1) is 0 Å². The molecule has 2 heterocycles. The minimum Gasteiger partial charge on any atom is -0.492 e. The van der Waals surface area contributed by atoms with Crippen LogP contribution in [0.3, 0.4) is 0 Å². The lowest BCUT2D eigenvalue weighted by atomic mass is 9.93. The van der Waals surface area contributed by atoms with Crippen LogP contribution in [0.5, 0.6) is 5.75 Å². The van der Waals surface area contributed by atoms with Gasteiger partial charge in [-0.05, 0) is 50.1 Å². The Kier molecular flexibility index (Phi) is 7.65. The van der Waals surface area contributed by atoms with Gasteiger partial charge in [-0.3, -0.25) is 4.79 Å². The lowest BCUT2D eigenvalue weighted by molar-refractivity contribution is -0.125. The maximum atomic E-state index is 13.1. The van der Waals surface area contributed by atoms with Gasteiger partial charge in [0.1, 0.15) is 5.75 Å². The van der Waals surface area contributed by atoms with Gasteiger partial charge in [-0.25, -0.2) is 9.79 Å². The molecule has 4 rings (SSSR count). The van der Waals surface area contributed by atoms with Gasteiger partial charge in [-0.2, -0.15) is 0 Å². The van der Waals surface area contributed by atoms with Crippen molar-refractivity contribution in [2.45, 2.75) is 26.3 Å². The number of amides is 3. The summed E-state index contributed by atoms with van der Waals surface area (Å²) < 4.78 is 5.58. The van der Waals surface area contributed by atoms with E-state index in [4.69, 9.17) is 9.73 Å². The Balaban J connectivity index is 1.54. The lowest BCUT2D eigenvalue weighted by Gasteiger charge is -2.41. The summed E-state index contributed by atoms with van der Waals surface area (Å²) in [5.74, 6) is 1.60. The van der Waals surface area contributed by atoms with Crippen molar-refractivity contribution in [3.8, 4) is 5.75 Å². The van der Waals surface area contributed by atoms with Gasteiger partial charge in [0.05, 0.1) is 29.6 Å². The Hall–Kier alpha value is -3.46. The van der Waals surface area contributed by atoms with E-state index in [1.807, 2.05) is 56.3 Å². The first-order chi connectivity index (χ1) is 16.9. The molecule has 1 fully saturated rings. The Morgan fingerprint density at radius 1 is 1.14 bits per heavy atom. The van der Waals surface area contributed by atoms with Crippen LogP contribution in [-0.4, -0.2) is 59.9 Å². The van der Waals surface area contributed by atoms with Gasteiger partial charge in [0.25, 0.3) is 5.91 Å². The van der Waals surface area contributed by atoms with Crippen LogP contribution >= 0.6 is 11.8 Å². The number of thioether (sulfide) groups is 1. The Bertz CT molecular complexity index is 1160. The summed E-state index contributed by atoms with van der Waals surface area (Å²) in [5, 5.41) is 6.67. The highest BCUT2D eigenvalue weighted by atomic mass is 32.2. The fourth-order valence-corrected chi connectivity index (χ4v) is 5.23. The molecular weight excluding hydrogens is 462 g/mol. The monoisotopic (exact) mass is 493 g/mol. The van der Waals surface area contributed by atoms with Gasteiger partial charge in [0, 0.05) is 32.1 Å². The van der Waals surface area contributed by atoms with Crippen LogP contribution in [-0.2, 0) is 4.79 Å². The normalized spacial score (nSPS) is 17.3. The number of amidine groups is 1. The zero-order chi connectivity index (χ0) is 24.9. The summed E-state index contributed by atoms with van der Waals surface area (Å²) in [6, 6.07) is 14.4. The maximum Gasteiger partial charge on any atom is 0.323 e. The third-order valence-electron chi connectivity index (χ3n) is 5.81. The molecule has 2 N–H and O–H groups in total. The highest BCUT2D eigenvalue weighted by molar-refractivity contribution is 8.13. The zero-order valence-corrected chi connectivity index (χ0v) is 21.3. The summed E-state index contributed by atoms with van der Waals surface area (Å²) in [5.41, 5.74) is 3.68. The first kappa shape index (κ1) is 24.7. The summed E-state index contributed by atoms with van der Waals surface area (Å²) in [6.07, 6.45) is 1.03. The van der Waals surface area contributed by atoms with E-state index in [1.165, 1.54) is 0 Å². The minimum atomic E-state index is -0.358. The van der Waals surface area contributed by atoms with Crippen molar-refractivity contribution in [1.82, 2.24) is 9.80 Å². The maximum absolute atomic E-state index is 13.1. The molecular formula is C26H31N5O3S. The number of para-hydroxylation sites is 2. The van der Waals surface area contributed by atoms with E-state index in [1.54, 1.807) is 36.8 Å². The van der Waals surface area contributed by atoms with Crippen LogP contribution in [0.2, 0.25) is 0 Å². The molecule has 35 heavy (non-hydrogen) atoms. The van der Waals surface area contributed by atoms with E-state index in [0.717, 1.165) is 35.1 Å². The van der Waals surface area contributed by atoms with Gasteiger partial charge < -0.3 is 25.2 Å².